The number of rotatable bonds is 5. The number of nitrogens with zero attached hydrogens (tertiary/aromatic N) is 1. The normalized spacial score (nSPS) is 11.9. The third-order valence-corrected chi connectivity index (χ3v) is 3.20. The average molecular weight is 272 g/mol. The van der Waals surface area contributed by atoms with Crippen molar-refractivity contribution in [2.24, 2.45) is 5.14 Å². The Kier molecular flexibility index (Phi) is 3.48. The number of nitrogens with one attached hydrogen (secondary N) is 2. The van der Waals surface area contributed by atoms with E-state index in [1.807, 2.05) is 0 Å². The number of nitrogens with two attached hydrogens (primary N) is 1. The molecule has 8 heteroatoms. The van der Waals surface area contributed by atoms with Gasteiger partial charge in [0.25, 0.3) is 0 Å². The lowest BCUT2D eigenvalue weighted by Crippen LogP contribution is -2.18. The molecule has 0 amide bonds. The molecule has 0 atom stereocenters. The topological polar surface area (TPSA) is 101 Å². The second-order valence-corrected chi connectivity index (χ2v) is 5.63. The molecule has 0 radical (unpaired) electrons. The van der Waals surface area contributed by atoms with E-state index < -0.39 is 10.0 Å². The van der Waals surface area contributed by atoms with Crippen molar-refractivity contribution in [2.45, 2.75) is 6.42 Å². The molecule has 1 aromatic heterocycles. The Balaban J connectivity index is 1.96. The fraction of sp³-hybridized carbons (Fsp3) is 0.300. The van der Waals surface area contributed by atoms with Crippen LogP contribution in [0.25, 0.3) is 11.0 Å². The molecule has 0 bridgehead atoms. The van der Waals surface area contributed by atoms with Crippen LogP contribution >= 0.6 is 0 Å². The number of primary sulfonamides is 1. The van der Waals surface area contributed by atoms with Crippen molar-refractivity contribution in [3.63, 3.8) is 0 Å². The molecule has 2 rings (SSSR count). The second kappa shape index (κ2) is 4.91. The Bertz CT molecular complexity index is 653. The molecule has 1 heterocycles. The van der Waals surface area contributed by atoms with Crippen LogP contribution in [-0.2, 0) is 10.0 Å². The van der Waals surface area contributed by atoms with Gasteiger partial charge >= 0.3 is 0 Å². The summed E-state index contributed by atoms with van der Waals surface area (Å²) >= 11 is 0. The molecule has 0 spiro atoms. The fourth-order valence-electron chi connectivity index (χ4n) is 1.55. The Morgan fingerprint density at radius 3 is 2.94 bits per heavy atom. The maximum Gasteiger partial charge on any atom is 0.209 e. The predicted molar refractivity (Wildman–Crippen MR) is 67.1 cm³/mol. The summed E-state index contributed by atoms with van der Waals surface area (Å²) in [4.78, 5) is 7.06. The third-order valence-electron chi connectivity index (χ3n) is 2.34. The van der Waals surface area contributed by atoms with E-state index in [0.29, 0.717) is 29.9 Å². The highest BCUT2D eigenvalue weighted by atomic mass is 32.2. The highest BCUT2D eigenvalue weighted by Gasteiger charge is 2.04. The summed E-state index contributed by atoms with van der Waals surface area (Å²) < 4.78 is 34.3. The lowest BCUT2D eigenvalue weighted by Gasteiger charge is -2.01. The van der Waals surface area contributed by atoms with E-state index in [1.165, 1.54) is 12.1 Å². The van der Waals surface area contributed by atoms with Crippen LogP contribution in [0.4, 0.5) is 10.3 Å². The van der Waals surface area contributed by atoms with E-state index in [2.05, 4.69) is 15.3 Å². The molecule has 0 saturated heterocycles. The van der Waals surface area contributed by atoms with E-state index >= 15 is 0 Å². The van der Waals surface area contributed by atoms with Crippen molar-refractivity contribution in [3.05, 3.63) is 24.0 Å². The lowest BCUT2D eigenvalue weighted by atomic mass is 10.3. The van der Waals surface area contributed by atoms with Gasteiger partial charge in [0.1, 0.15) is 5.82 Å². The van der Waals surface area contributed by atoms with Crippen molar-refractivity contribution in [3.8, 4) is 0 Å². The van der Waals surface area contributed by atoms with Gasteiger partial charge in [-0.15, -0.1) is 0 Å². The van der Waals surface area contributed by atoms with Gasteiger partial charge in [0.15, 0.2) is 0 Å². The molecule has 4 N–H and O–H groups in total. The Labute approximate surface area is 103 Å². The molecule has 2 aromatic rings. The number of anilines is 1. The minimum absolute atomic E-state index is 0.0884. The molecule has 0 unspecified atom stereocenters. The first-order valence-corrected chi connectivity index (χ1v) is 7.05. The van der Waals surface area contributed by atoms with Crippen LogP contribution in [0.3, 0.4) is 0 Å². The molecule has 0 aliphatic rings. The zero-order valence-electron chi connectivity index (χ0n) is 9.48. The Morgan fingerprint density at radius 2 is 2.22 bits per heavy atom. The molecule has 98 valence electrons. The molecule has 0 aliphatic carbocycles. The summed E-state index contributed by atoms with van der Waals surface area (Å²) in [6, 6.07) is 4.24. The largest absolute Gasteiger partial charge is 0.356 e. The number of fused-ring (bicyclic) bond motifs is 1. The van der Waals surface area contributed by atoms with Crippen LogP contribution in [0.2, 0.25) is 0 Å². The Hall–Kier alpha value is -1.67. The number of halogens is 1. The fourth-order valence-corrected chi connectivity index (χ4v) is 2.09. The SMILES string of the molecule is NS(=O)(=O)CCCNc1nc2ccc(F)cc2[nH]1. The zero-order chi connectivity index (χ0) is 13.2. The van der Waals surface area contributed by atoms with Gasteiger partial charge in [0.05, 0.1) is 16.8 Å². The summed E-state index contributed by atoms with van der Waals surface area (Å²) in [5, 5.41) is 7.79. The Morgan fingerprint density at radius 1 is 1.44 bits per heavy atom. The second-order valence-electron chi connectivity index (χ2n) is 3.89. The van der Waals surface area contributed by atoms with Gasteiger partial charge in [-0.3, -0.25) is 0 Å². The highest BCUT2D eigenvalue weighted by Crippen LogP contribution is 2.15. The smallest absolute Gasteiger partial charge is 0.209 e. The van der Waals surface area contributed by atoms with Gasteiger partial charge in [-0.2, -0.15) is 0 Å². The van der Waals surface area contributed by atoms with Crippen LogP contribution in [-0.4, -0.2) is 30.7 Å². The quantitative estimate of drug-likeness (QED) is 0.700. The molecular weight excluding hydrogens is 259 g/mol. The number of hydrogen-bond acceptors (Lipinski definition) is 4. The van der Waals surface area contributed by atoms with E-state index in [0.717, 1.165) is 0 Å². The van der Waals surface area contributed by atoms with Crippen LogP contribution in [0.15, 0.2) is 18.2 Å². The summed E-state index contributed by atoms with van der Waals surface area (Å²) in [6.45, 7) is 0.415. The van der Waals surface area contributed by atoms with E-state index in [4.69, 9.17) is 5.14 Å². The summed E-state index contributed by atoms with van der Waals surface area (Å²) in [6.07, 6.45) is 0.379. The molecule has 0 saturated carbocycles. The molecule has 1 aromatic carbocycles. The van der Waals surface area contributed by atoms with Crippen molar-refractivity contribution < 1.29 is 12.8 Å². The van der Waals surface area contributed by atoms with Crippen molar-refractivity contribution in [1.82, 2.24) is 9.97 Å². The average Bonchev–Trinajstić information content (AvgIpc) is 2.65. The number of hydrogen-bond donors (Lipinski definition) is 3. The maximum absolute atomic E-state index is 12.9. The van der Waals surface area contributed by atoms with Crippen molar-refractivity contribution in [2.75, 3.05) is 17.6 Å². The summed E-state index contributed by atoms with van der Waals surface area (Å²) in [7, 11) is -3.43. The zero-order valence-corrected chi connectivity index (χ0v) is 10.3. The molecule has 6 nitrogen and oxygen atoms in total. The minimum atomic E-state index is -3.43. The first-order valence-electron chi connectivity index (χ1n) is 5.34. The predicted octanol–water partition coefficient (Wildman–Crippen LogP) is 0.792. The monoisotopic (exact) mass is 272 g/mol. The number of aromatic amines is 1. The van der Waals surface area contributed by atoms with Gasteiger partial charge in [0, 0.05) is 6.54 Å². The van der Waals surface area contributed by atoms with Crippen LogP contribution in [0.5, 0.6) is 0 Å². The molecule has 0 aliphatic heterocycles. The highest BCUT2D eigenvalue weighted by molar-refractivity contribution is 7.89. The molecule has 0 fully saturated rings. The number of imidazole rings is 1. The maximum atomic E-state index is 12.9. The van der Waals surface area contributed by atoms with E-state index in [9.17, 15) is 12.8 Å². The number of benzene rings is 1. The van der Waals surface area contributed by atoms with Gasteiger partial charge in [-0.05, 0) is 24.6 Å². The first-order chi connectivity index (χ1) is 8.44. The number of H-pyrrole nitrogens is 1. The lowest BCUT2D eigenvalue weighted by molar-refractivity contribution is 0.595. The molecule has 18 heavy (non-hydrogen) atoms. The van der Waals surface area contributed by atoms with Gasteiger partial charge in [-0.1, -0.05) is 0 Å². The van der Waals surface area contributed by atoms with Gasteiger partial charge < -0.3 is 10.3 Å². The third kappa shape index (κ3) is 3.41. The first kappa shape index (κ1) is 12.8. The van der Waals surface area contributed by atoms with Crippen LogP contribution in [0, 0.1) is 5.82 Å². The minimum Gasteiger partial charge on any atom is -0.356 e. The van der Waals surface area contributed by atoms with Crippen LogP contribution < -0.4 is 10.5 Å². The van der Waals surface area contributed by atoms with Crippen molar-refractivity contribution in [1.29, 1.82) is 0 Å². The van der Waals surface area contributed by atoms with E-state index in [-0.39, 0.29) is 11.6 Å². The van der Waals surface area contributed by atoms with E-state index in [1.54, 1.807) is 6.07 Å². The van der Waals surface area contributed by atoms with Gasteiger partial charge in [-0.25, -0.2) is 22.9 Å². The van der Waals surface area contributed by atoms with Gasteiger partial charge in [0.2, 0.25) is 16.0 Å². The summed E-state index contributed by atoms with van der Waals surface area (Å²) in [5.74, 6) is 0.0476. The van der Waals surface area contributed by atoms with Crippen molar-refractivity contribution >= 4 is 27.0 Å². The number of sulfonamides is 1. The summed E-state index contributed by atoms with van der Waals surface area (Å²) in [5.41, 5.74) is 1.23. The molecular formula is C10H13FN4O2S. The number of aromatic nitrogens is 2. The van der Waals surface area contributed by atoms with Crippen LogP contribution in [0.1, 0.15) is 6.42 Å². The standard InChI is InChI=1S/C10H13FN4O2S/c11-7-2-3-8-9(6-7)15-10(14-8)13-4-1-5-18(12,16)17/h2-3,6H,1,4-5H2,(H2,12,16,17)(H2,13,14,15).